The highest BCUT2D eigenvalue weighted by Gasteiger charge is 2.20. The monoisotopic (exact) mass is 407 g/mol. The summed E-state index contributed by atoms with van der Waals surface area (Å²) in [5, 5.41) is 9.88. The van der Waals surface area contributed by atoms with Crippen LogP contribution in [0.25, 0.3) is 11.1 Å². The van der Waals surface area contributed by atoms with E-state index in [0.717, 1.165) is 17.9 Å². The van der Waals surface area contributed by atoms with Crippen molar-refractivity contribution in [3.63, 3.8) is 0 Å². The van der Waals surface area contributed by atoms with Crippen molar-refractivity contribution in [2.24, 2.45) is 0 Å². The maximum atomic E-state index is 14.5. The molecule has 28 heavy (non-hydrogen) atoms. The highest BCUT2D eigenvalue weighted by molar-refractivity contribution is 8.00. The Morgan fingerprint density at radius 2 is 1.93 bits per heavy atom. The van der Waals surface area contributed by atoms with Crippen LogP contribution >= 0.6 is 11.8 Å². The first-order valence-electron chi connectivity index (χ1n) is 9.50. The van der Waals surface area contributed by atoms with Crippen LogP contribution in [0.2, 0.25) is 0 Å². The maximum absolute atomic E-state index is 14.5. The fourth-order valence-corrected chi connectivity index (χ4v) is 4.62. The normalized spacial score (nSPS) is 14.8. The standard InChI is InChI=1S/C21H23F2NO3S/c22-17-12-14(13-18(23)20(17)27-11-5-9-19(25)26)16-8-4-10-24-21(16)28-15-6-2-1-3-7-15/h4,8,10,12-13,15H,1-3,5-7,9,11H2,(H,25,26). The molecule has 1 aliphatic rings. The average molecular weight is 407 g/mol. The van der Waals surface area contributed by atoms with Crippen molar-refractivity contribution in [3.05, 3.63) is 42.1 Å². The zero-order valence-electron chi connectivity index (χ0n) is 15.5. The number of thioether (sulfide) groups is 1. The number of hydrogen-bond acceptors (Lipinski definition) is 4. The Kier molecular flexibility index (Phi) is 7.25. The van der Waals surface area contributed by atoms with Gasteiger partial charge < -0.3 is 9.84 Å². The van der Waals surface area contributed by atoms with Gasteiger partial charge in [0.15, 0.2) is 17.4 Å². The highest BCUT2D eigenvalue weighted by atomic mass is 32.2. The Hall–Kier alpha value is -2.15. The van der Waals surface area contributed by atoms with E-state index >= 15 is 0 Å². The number of benzene rings is 1. The Labute approximate surface area is 167 Å². The van der Waals surface area contributed by atoms with Gasteiger partial charge in [-0.3, -0.25) is 4.79 Å². The number of carboxylic acids is 1. The Morgan fingerprint density at radius 1 is 1.21 bits per heavy atom. The van der Waals surface area contributed by atoms with Crippen molar-refractivity contribution in [2.45, 2.75) is 55.2 Å². The van der Waals surface area contributed by atoms with Gasteiger partial charge in [-0.2, -0.15) is 0 Å². The third kappa shape index (κ3) is 5.44. The number of halogens is 2. The molecule has 1 heterocycles. The molecule has 1 aliphatic carbocycles. The minimum absolute atomic E-state index is 0.0604. The number of carbonyl (C=O) groups is 1. The van der Waals surface area contributed by atoms with Crippen molar-refractivity contribution in [2.75, 3.05) is 6.61 Å². The van der Waals surface area contributed by atoms with E-state index in [1.807, 2.05) is 6.07 Å². The molecule has 4 nitrogen and oxygen atoms in total. The van der Waals surface area contributed by atoms with Gasteiger partial charge in [-0.05, 0) is 43.0 Å². The van der Waals surface area contributed by atoms with E-state index < -0.39 is 23.4 Å². The molecule has 0 unspecified atom stereocenters. The van der Waals surface area contributed by atoms with E-state index in [4.69, 9.17) is 9.84 Å². The first-order chi connectivity index (χ1) is 13.5. The first kappa shape index (κ1) is 20.6. The minimum Gasteiger partial charge on any atom is -0.488 e. The van der Waals surface area contributed by atoms with Gasteiger partial charge in [-0.25, -0.2) is 13.8 Å². The Bertz CT molecular complexity index is 802. The predicted octanol–water partition coefficient (Wildman–Crippen LogP) is 5.70. The summed E-state index contributed by atoms with van der Waals surface area (Å²) in [7, 11) is 0. The molecule has 1 saturated carbocycles. The summed E-state index contributed by atoms with van der Waals surface area (Å²) >= 11 is 1.68. The molecule has 0 bridgehead atoms. The third-order valence-corrected chi connectivity index (χ3v) is 6.05. The van der Waals surface area contributed by atoms with Crippen LogP contribution in [-0.2, 0) is 4.79 Å². The van der Waals surface area contributed by atoms with Crippen LogP contribution in [-0.4, -0.2) is 27.9 Å². The predicted molar refractivity (Wildman–Crippen MR) is 105 cm³/mol. The van der Waals surface area contributed by atoms with Gasteiger partial charge in [0.05, 0.1) is 6.61 Å². The lowest BCUT2D eigenvalue weighted by atomic mass is 10.0. The van der Waals surface area contributed by atoms with Gasteiger partial charge >= 0.3 is 5.97 Å². The molecule has 2 aromatic rings. The number of aromatic nitrogens is 1. The van der Waals surface area contributed by atoms with Crippen LogP contribution in [0.15, 0.2) is 35.5 Å². The lowest BCUT2D eigenvalue weighted by molar-refractivity contribution is -0.137. The average Bonchev–Trinajstić information content (AvgIpc) is 2.67. The van der Waals surface area contributed by atoms with Crippen LogP contribution in [0.4, 0.5) is 8.78 Å². The van der Waals surface area contributed by atoms with Gasteiger partial charge in [-0.1, -0.05) is 25.3 Å². The molecule has 1 N–H and O–H groups in total. The summed E-state index contributed by atoms with van der Waals surface area (Å²) in [5.74, 6) is -3.05. The number of rotatable bonds is 8. The molecule has 1 fully saturated rings. The highest BCUT2D eigenvalue weighted by Crippen LogP contribution is 2.38. The molecule has 0 atom stereocenters. The van der Waals surface area contributed by atoms with Gasteiger partial charge in [0.25, 0.3) is 0 Å². The fourth-order valence-electron chi connectivity index (χ4n) is 3.30. The molecular weight excluding hydrogens is 384 g/mol. The summed E-state index contributed by atoms with van der Waals surface area (Å²) in [6, 6.07) is 6.07. The number of ether oxygens (including phenoxy) is 1. The molecule has 1 aromatic carbocycles. The second kappa shape index (κ2) is 9.87. The number of aliphatic carboxylic acids is 1. The summed E-state index contributed by atoms with van der Waals surface area (Å²) < 4.78 is 34.1. The molecule has 7 heteroatoms. The summed E-state index contributed by atoms with van der Waals surface area (Å²) in [6.07, 6.45) is 7.70. The fraction of sp³-hybridized carbons (Fsp3) is 0.429. The lowest BCUT2D eigenvalue weighted by Gasteiger charge is -2.21. The molecule has 0 aliphatic heterocycles. The zero-order chi connectivity index (χ0) is 19.9. The number of nitrogens with zero attached hydrogens (tertiary/aromatic N) is 1. The second-order valence-electron chi connectivity index (χ2n) is 6.85. The number of pyridine rings is 1. The lowest BCUT2D eigenvalue weighted by Crippen LogP contribution is -2.08. The largest absolute Gasteiger partial charge is 0.488 e. The molecular formula is C21H23F2NO3S. The smallest absolute Gasteiger partial charge is 0.303 e. The van der Waals surface area contributed by atoms with Crippen molar-refractivity contribution in [1.82, 2.24) is 4.98 Å². The van der Waals surface area contributed by atoms with Gasteiger partial charge in [-0.15, -0.1) is 11.8 Å². The number of hydrogen-bond donors (Lipinski definition) is 1. The minimum atomic E-state index is -0.973. The van der Waals surface area contributed by atoms with Crippen molar-refractivity contribution < 1.29 is 23.4 Å². The van der Waals surface area contributed by atoms with Gasteiger partial charge in [0.1, 0.15) is 5.03 Å². The first-order valence-corrected chi connectivity index (χ1v) is 10.4. The van der Waals surface area contributed by atoms with Crippen LogP contribution in [0.3, 0.4) is 0 Å². The van der Waals surface area contributed by atoms with E-state index in [-0.39, 0.29) is 19.4 Å². The van der Waals surface area contributed by atoms with Crippen LogP contribution in [0.5, 0.6) is 5.75 Å². The van der Waals surface area contributed by atoms with Crippen LogP contribution in [0.1, 0.15) is 44.9 Å². The van der Waals surface area contributed by atoms with E-state index in [9.17, 15) is 13.6 Å². The van der Waals surface area contributed by atoms with Crippen LogP contribution < -0.4 is 4.74 Å². The maximum Gasteiger partial charge on any atom is 0.303 e. The van der Waals surface area contributed by atoms with E-state index in [0.29, 0.717) is 16.4 Å². The van der Waals surface area contributed by atoms with Gasteiger partial charge in [0, 0.05) is 23.4 Å². The molecule has 0 saturated heterocycles. The molecule has 1 aromatic heterocycles. The summed E-state index contributed by atoms with van der Waals surface area (Å²) in [6.45, 7) is -0.0604. The van der Waals surface area contributed by atoms with E-state index in [1.54, 1.807) is 24.0 Å². The quantitative estimate of drug-likeness (QED) is 0.569. The summed E-state index contributed by atoms with van der Waals surface area (Å²) in [4.78, 5) is 14.9. The Balaban J connectivity index is 1.77. The molecule has 0 amide bonds. The zero-order valence-corrected chi connectivity index (χ0v) is 16.3. The molecule has 0 spiro atoms. The molecule has 150 valence electrons. The second-order valence-corrected chi connectivity index (χ2v) is 8.14. The van der Waals surface area contributed by atoms with Crippen molar-refractivity contribution in [1.29, 1.82) is 0 Å². The van der Waals surface area contributed by atoms with E-state index in [2.05, 4.69) is 4.98 Å². The summed E-state index contributed by atoms with van der Waals surface area (Å²) in [5.41, 5.74) is 1.12. The molecule has 0 radical (unpaired) electrons. The van der Waals surface area contributed by atoms with E-state index in [1.165, 1.54) is 31.4 Å². The van der Waals surface area contributed by atoms with Crippen molar-refractivity contribution in [3.8, 4) is 16.9 Å². The molecule has 3 rings (SSSR count). The SMILES string of the molecule is O=C(O)CCCOc1c(F)cc(-c2cccnc2SC2CCCCC2)cc1F. The van der Waals surface area contributed by atoms with Crippen LogP contribution in [0, 0.1) is 11.6 Å². The number of carboxylic acid groups (broad SMARTS) is 1. The van der Waals surface area contributed by atoms with Gasteiger partial charge in [0.2, 0.25) is 0 Å². The Morgan fingerprint density at radius 3 is 2.61 bits per heavy atom. The van der Waals surface area contributed by atoms with Crippen molar-refractivity contribution >= 4 is 17.7 Å². The third-order valence-electron chi connectivity index (χ3n) is 4.69. The topological polar surface area (TPSA) is 59.4 Å².